The van der Waals surface area contributed by atoms with E-state index in [0.717, 1.165) is 22.4 Å². The van der Waals surface area contributed by atoms with Crippen molar-refractivity contribution >= 4 is 23.2 Å². The number of hydrogen-bond donors (Lipinski definition) is 1. The van der Waals surface area contributed by atoms with Crippen LogP contribution in [-0.4, -0.2) is 25.0 Å². The van der Waals surface area contributed by atoms with E-state index in [1.54, 1.807) is 0 Å². The Morgan fingerprint density at radius 1 is 1.21 bits per heavy atom. The van der Waals surface area contributed by atoms with Crippen LogP contribution in [0, 0.1) is 20.8 Å². The van der Waals surface area contributed by atoms with Crippen LogP contribution in [0.3, 0.4) is 0 Å². The van der Waals surface area contributed by atoms with Crippen molar-refractivity contribution in [2.75, 3.05) is 23.4 Å². The van der Waals surface area contributed by atoms with E-state index in [9.17, 15) is 9.59 Å². The third-order valence-electron chi connectivity index (χ3n) is 4.24. The Hall–Kier alpha value is -2.82. The van der Waals surface area contributed by atoms with Crippen molar-refractivity contribution < 1.29 is 14.3 Å². The minimum atomic E-state index is -0.231. The minimum Gasteiger partial charge on any atom is -0.482 e. The van der Waals surface area contributed by atoms with Crippen LogP contribution in [0.4, 0.5) is 11.4 Å². The number of hydrogen-bond acceptors (Lipinski definition) is 3. The molecule has 5 nitrogen and oxygen atoms in total. The molecule has 0 aliphatic carbocycles. The second-order valence-corrected chi connectivity index (χ2v) is 6.04. The molecule has 0 fully saturated rings. The maximum atomic E-state index is 12.4. The molecular formula is C19H20N2O3. The Bertz CT molecular complexity index is 814. The summed E-state index contributed by atoms with van der Waals surface area (Å²) < 4.78 is 5.46. The fourth-order valence-electron chi connectivity index (χ4n) is 2.70. The van der Waals surface area contributed by atoms with Gasteiger partial charge in [0.15, 0.2) is 6.61 Å². The number of rotatable bonds is 3. The molecule has 1 aliphatic heterocycles. The summed E-state index contributed by atoms with van der Waals surface area (Å²) in [6, 6.07) is 11.3. The van der Waals surface area contributed by atoms with Crippen LogP contribution < -0.4 is 15.0 Å². The monoisotopic (exact) mass is 324 g/mol. The van der Waals surface area contributed by atoms with Crippen LogP contribution in [0.1, 0.15) is 16.7 Å². The summed E-state index contributed by atoms with van der Waals surface area (Å²) in [7, 11) is 0. The molecule has 2 aromatic rings. The van der Waals surface area contributed by atoms with Gasteiger partial charge in [-0.3, -0.25) is 14.5 Å². The summed E-state index contributed by atoms with van der Waals surface area (Å²) >= 11 is 0. The third-order valence-corrected chi connectivity index (χ3v) is 4.24. The summed E-state index contributed by atoms with van der Waals surface area (Å²) in [5.41, 5.74) is 4.58. The molecule has 0 saturated heterocycles. The number of carbonyl (C=O) groups excluding carboxylic acids is 2. The predicted octanol–water partition coefficient (Wildman–Crippen LogP) is 2.98. The Morgan fingerprint density at radius 2 is 2.00 bits per heavy atom. The number of ether oxygens (including phenoxy) is 1. The molecule has 24 heavy (non-hydrogen) atoms. The zero-order valence-electron chi connectivity index (χ0n) is 14.1. The van der Waals surface area contributed by atoms with Gasteiger partial charge in [0, 0.05) is 5.69 Å². The molecule has 2 aromatic carbocycles. The Balaban J connectivity index is 1.79. The van der Waals surface area contributed by atoms with Crippen LogP contribution in [0.5, 0.6) is 5.75 Å². The fraction of sp³-hybridized carbons (Fsp3) is 0.263. The number of benzene rings is 2. The highest BCUT2D eigenvalue weighted by molar-refractivity contribution is 6.05. The molecule has 0 radical (unpaired) electrons. The van der Waals surface area contributed by atoms with Crippen molar-refractivity contribution in [1.29, 1.82) is 0 Å². The number of fused-ring (bicyclic) bond motifs is 1. The molecular weight excluding hydrogens is 304 g/mol. The van der Waals surface area contributed by atoms with Gasteiger partial charge in [0.05, 0.1) is 5.69 Å². The van der Waals surface area contributed by atoms with Crippen LogP contribution >= 0.6 is 0 Å². The van der Waals surface area contributed by atoms with E-state index in [1.807, 2.05) is 57.2 Å². The number of nitrogens with zero attached hydrogens (tertiary/aromatic N) is 1. The van der Waals surface area contributed by atoms with Gasteiger partial charge in [-0.1, -0.05) is 18.2 Å². The summed E-state index contributed by atoms with van der Waals surface area (Å²) in [6.45, 7) is 5.83. The lowest BCUT2D eigenvalue weighted by molar-refractivity contribution is -0.123. The summed E-state index contributed by atoms with van der Waals surface area (Å²) in [4.78, 5) is 26.1. The Labute approximate surface area is 141 Å². The quantitative estimate of drug-likeness (QED) is 0.944. The first-order valence-corrected chi connectivity index (χ1v) is 7.85. The summed E-state index contributed by atoms with van der Waals surface area (Å²) in [5.74, 6) is 0.182. The van der Waals surface area contributed by atoms with Crippen LogP contribution in [-0.2, 0) is 9.59 Å². The van der Waals surface area contributed by atoms with Gasteiger partial charge < -0.3 is 10.1 Å². The molecule has 124 valence electrons. The second-order valence-electron chi connectivity index (χ2n) is 6.04. The van der Waals surface area contributed by atoms with Crippen LogP contribution in [0.2, 0.25) is 0 Å². The first-order chi connectivity index (χ1) is 11.5. The maximum absolute atomic E-state index is 12.4. The molecule has 5 heteroatoms. The molecule has 0 saturated carbocycles. The van der Waals surface area contributed by atoms with Gasteiger partial charge in [-0.05, 0) is 55.7 Å². The molecule has 0 spiro atoms. The second kappa shape index (κ2) is 6.35. The molecule has 3 rings (SSSR count). The van der Waals surface area contributed by atoms with Gasteiger partial charge in [-0.25, -0.2) is 0 Å². The lowest BCUT2D eigenvalue weighted by Crippen LogP contribution is -2.43. The molecule has 0 unspecified atom stereocenters. The van der Waals surface area contributed by atoms with Gasteiger partial charge >= 0.3 is 0 Å². The molecule has 1 N–H and O–H groups in total. The van der Waals surface area contributed by atoms with E-state index < -0.39 is 0 Å². The topological polar surface area (TPSA) is 58.6 Å². The van der Waals surface area contributed by atoms with Gasteiger partial charge in [0.2, 0.25) is 5.91 Å². The highest BCUT2D eigenvalue weighted by Crippen LogP contribution is 2.32. The zero-order valence-corrected chi connectivity index (χ0v) is 14.1. The van der Waals surface area contributed by atoms with E-state index in [2.05, 4.69) is 5.32 Å². The van der Waals surface area contributed by atoms with E-state index in [1.165, 1.54) is 4.90 Å². The molecule has 2 amide bonds. The number of carbonyl (C=O) groups is 2. The average molecular weight is 324 g/mol. The number of nitrogens with one attached hydrogen (secondary N) is 1. The van der Waals surface area contributed by atoms with Crippen molar-refractivity contribution in [3.8, 4) is 5.75 Å². The highest BCUT2D eigenvalue weighted by Gasteiger charge is 2.27. The van der Waals surface area contributed by atoms with Gasteiger partial charge in [0.1, 0.15) is 12.3 Å². The number of aryl methyl sites for hydroxylation is 2. The van der Waals surface area contributed by atoms with E-state index in [4.69, 9.17) is 4.74 Å². The van der Waals surface area contributed by atoms with Crippen molar-refractivity contribution in [1.82, 2.24) is 0 Å². The zero-order chi connectivity index (χ0) is 17.3. The molecule has 1 aliphatic rings. The molecule has 1 heterocycles. The van der Waals surface area contributed by atoms with Crippen molar-refractivity contribution in [2.24, 2.45) is 0 Å². The first-order valence-electron chi connectivity index (χ1n) is 7.85. The minimum absolute atomic E-state index is 0.0361. The lowest BCUT2D eigenvalue weighted by Gasteiger charge is -2.29. The van der Waals surface area contributed by atoms with E-state index in [0.29, 0.717) is 11.4 Å². The lowest BCUT2D eigenvalue weighted by atomic mass is 10.1. The molecule has 0 aromatic heterocycles. The van der Waals surface area contributed by atoms with Gasteiger partial charge in [-0.2, -0.15) is 0 Å². The molecule has 0 bridgehead atoms. The largest absolute Gasteiger partial charge is 0.482 e. The molecule has 0 atom stereocenters. The van der Waals surface area contributed by atoms with Crippen LogP contribution in [0.25, 0.3) is 0 Å². The Kier molecular flexibility index (Phi) is 4.25. The smallest absolute Gasteiger partial charge is 0.265 e. The average Bonchev–Trinajstić information content (AvgIpc) is 2.54. The standard InChI is InChI=1S/C19H20N2O3/c1-12-7-8-16-17(9-12)24-11-19(23)21(16)10-18(22)20-15-6-4-5-13(2)14(15)3/h4-9H,10-11H2,1-3H3,(H,20,22). The predicted molar refractivity (Wildman–Crippen MR) is 93.6 cm³/mol. The maximum Gasteiger partial charge on any atom is 0.265 e. The highest BCUT2D eigenvalue weighted by atomic mass is 16.5. The van der Waals surface area contributed by atoms with Gasteiger partial charge in [0.25, 0.3) is 5.91 Å². The SMILES string of the molecule is Cc1ccc2c(c1)OCC(=O)N2CC(=O)Nc1cccc(C)c1C. The first kappa shape index (κ1) is 16.1. The fourth-order valence-corrected chi connectivity index (χ4v) is 2.70. The van der Waals surface area contributed by atoms with Crippen molar-refractivity contribution in [3.05, 3.63) is 53.1 Å². The van der Waals surface area contributed by atoms with Gasteiger partial charge in [-0.15, -0.1) is 0 Å². The normalized spacial score (nSPS) is 13.3. The number of anilines is 2. The third kappa shape index (κ3) is 3.11. The van der Waals surface area contributed by atoms with Crippen LogP contribution in [0.15, 0.2) is 36.4 Å². The van der Waals surface area contributed by atoms with Crippen molar-refractivity contribution in [2.45, 2.75) is 20.8 Å². The Morgan fingerprint density at radius 3 is 2.79 bits per heavy atom. The summed E-state index contributed by atoms with van der Waals surface area (Å²) in [6.07, 6.45) is 0. The van der Waals surface area contributed by atoms with E-state index in [-0.39, 0.29) is 25.0 Å². The van der Waals surface area contributed by atoms with Crippen molar-refractivity contribution in [3.63, 3.8) is 0 Å². The number of amides is 2. The van der Waals surface area contributed by atoms with E-state index >= 15 is 0 Å². The summed E-state index contributed by atoms with van der Waals surface area (Å²) in [5, 5.41) is 2.89.